The zero-order valence-corrected chi connectivity index (χ0v) is 29.1. The molecule has 5 rings (SSSR count). The van der Waals surface area contributed by atoms with E-state index in [1.165, 1.54) is 24.8 Å². The molecule has 0 radical (unpaired) electrons. The van der Waals surface area contributed by atoms with Gasteiger partial charge in [-0.05, 0) is 71.0 Å². The molecule has 4 aromatic rings. The van der Waals surface area contributed by atoms with Crippen LogP contribution in [-0.4, -0.2) is 52.2 Å². The molecule has 2 N–H and O–H groups in total. The topological polar surface area (TPSA) is 108 Å². The summed E-state index contributed by atoms with van der Waals surface area (Å²) in [5.74, 6) is -0.298. The largest absolute Gasteiger partial charge is 0.482 e. The number of aliphatic imine (C=N–C) groups is 1. The summed E-state index contributed by atoms with van der Waals surface area (Å²) in [6.45, 7) is 2.84. The van der Waals surface area contributed by atoms with Crippen molar-refractivity contribution in [2.75, 3.05) is 18.9 Å². The van der Waals surface area contributed by atoms with Gasteiger partial charge in [0.1, 0.15) is 11.3 Å². The van der Waals surface area contributed by atoms with Crippen molar-refractivity contribution in [3.8, 4) is 5.75 Å². The van der Waals surface area contributed by atoms with Gasteiger partial charge in [0.25, 0.3) is 5.91 Å². The Bertz CT molecular complexity index is 1770. The van der Waals surface area contributed by atoms with Crippen LogP contribution in [0.4, 0.5) is 0 Å². The molecule has 4 aromatic carbocycles. The maximum atomic E-state index is 13.8. The van der Waals surface area contributed by atoms with Gasteiger partial charge in [-0.2, -0.15) is 0 Å². The maximum absolute atomic E-state index is 13.8. The number of nitrogens with zero attached hydrogens (tertiary/aromatic N) is 2. The molecule has 1 aliphatic heterocycles. The predicted molar refractivity (Wildman–Crippen MR) is 200 cm³/mol. The van der Waals surface area contributed by atoms with E-state index in [0.717, 1.165) is 28.7 Å². The van der Waals surface area contributed by atoms with Crippen molar-refractivity contribution in [3.05, 3.63) is 143 Å². The summed E-state index contributed by atoms with van der Waals surface area (Å²) in [6.07, 6.45) is 8.07. The Morgan fingerprint density at radius 3 is 2.26 bits per heavy atom. The molecule has 0 spiro atoms. The summed E-state index contributed by atoms with van der Waals surface area (Å²) in [5, 5.41) is 12.0. The van der Waals surface area contributed by atoms with Crippen LogP contribution in [0.1, 0.15) is 64.4 Å². The van der Waals surface area contributed by atoms with E-state index in [4.69, 9.17) is 14.8 Å². The van der Waals surface area contributed by atoms with Crippen LogP contribution in [0.5, 0.6) is 5.75 Å². The molecule has 1 unspecified atom stereocenters. The first kappa shape index (κ1) is 36.1. The minimum absolute atomic E-state index is 0.152. The lowest BCUT2D eigenvalue weighted by Crippen LogP contribution is -2.42. The fraction of sp³-hybridized carbons (Fsp3) is 0.268. The van der Waals surface area contributed by atoms with Crippen molar-refractivity contribution in [3.63, 3.8) is 0 Å². The number of unbranched alkanes of at least 4 members (excludes halogenated alkanes) is 2. The van der Waals surface area contributed by atoms with E-state index in [1.54, 1.807) is 40.9 Å². The second-order valence-electron chi connectivity index (χ2n) is 12.4. The smallest absolute Gasteiger partial charge is 0.341 e. The van der Waals surface area contributed by atoms with Crippen molar-refractivity contribution in [1.29, 1.82) is 0 Å². The number of carbonyl (C=O) groups excluding carboxylic acids is 2. The van der Waals surface area contributed by atoms with Gasteiger partial charge in [0, 0.05) is 30.5 Å². The minimum Gasteiger partial charge on any atom is -0.482 e. The third kappa shape index (κ3) is 10.4. The number of amides is 2. The molecule has 8 nitrogen and oxygen atoms in total. The summed E-state index contributed by atoms with van der Waals surface area (Å²) >= 11 is 1.59. The number of aryl methyl sites for hydroxylation is 1. The molecular weight excluding hydrogens is 647 g/mol. The molecule has 1 heterocycles. The van der Waals surface area contributed by atoms with Gasteiger partial charge in [-0.25, -0.2) is 4.79 Å². The average Bonchev–Trinajstić information content (AvgIpc) is 3.63. The van der Waals surface area contributed by atoms with Crippen LogP contribution in [0.25, 0.3) is 6.08 Å². The zero-order valence-electron chi connectivity index (χ0n) is 28.3. The van der Waals surface area contributed by atoms with Gasteiger partial charge in [-0.3, -0.25) is 14.6 Å². The molecule has 1 aliphatic rings. The first-order valence-electron chi connectivity index (χ1n) is 16.9. The van der Waals surface area contributed by atoms with Gasteiger partial charge in [-0.1, -0.05) is 98.6 Å². The van der Waals surface area contributed by atoms with Crippen LogP contribution in [0.3, 0.4) is 0 Å². The van der Waals surface area contributed by atoms with E-state index in [0.29, 0.717) is 36.7 Å². The molecular formula is C41H43N3O5S. The third-order valence-corrected chi connectivity index (χ3v) is 9.47. The molecule has 0 aromatic heterocycles. The van der Waals surface area contributed by atoms with Gasteiger partial charge in [-0.15, -0.1) is 11.8 Å². The number of thioether (sulfide) groups is 1. The van der Waals surface area contributed by atoms with E-state index in [9.17, 15) is 14.4 Å². The van der Waals surface area contributed by atoms with Crippen molar-refractivity contribution in [2.24, 2.45) is 4.99 Å². The van der Waals surface area contributed by atoms with Crippen LogP contribution in [0.15, 0.2) is 114 Å². The predicted octanol–water partition coefficient (Wildman–Crippen LogP) is 7.53. The number of nitrogens with one attached hydrogen (secondary N) is 1. The highest BCUT2D eigenvalue weighted by atomic mass is 32.2. The molecule has 0 fully saturated rings. The average molecular weight is 690 g/mol. The standard InChI is InChI=1S/C41H43N3O5S/c1-2-3-5-8-32-11-13-33(14-12-32)25-42-40(48)35-18-20-36(21-19-35)41(29-50-30-43-41)28-44(38(45)24-17-31-9-6-4-7-10-31)26-34-15-22-37(23-16-34)49-27-39(46)47/h4,6-7,9-24,30H,2-3,5,8,25-29H2,1H3,(H,42,48)(H,46,47). The molecule has 0 saturated carbocycles. The number of hydrogen-bond donors (Lipinski definition) is 2. The van der Waals surface area contributed by atoms with E-state index >= 15 is 0 Å². The molecule has 0 saturated heterocycles. The third-order valence-electron chi connectivity index (χ3n) is 8.57. The molecule has 9 heteroatoms. The van der Waals surface area contributed by atoms with Crippen molar-refractivity contribution >= 4 is 41.2 Å². The summed E-state index contributed by atoms with van der Waals surface area (Å²) in [7, 11) is 0. The quantitative estimate of drug-likeness (QED) is 0.0877. The second kappa shape index (κ2) is 18.0. The lowest BCUT2D eigenvalue weighted by Gasteiger charge is -2.33. The van der Waals surface area contributed by atoms with Gasteiger partial charge in [0.05, 0.1) is 12.1 Å². The molecule has 2 amide bonds. The summed E-state index contributed by atoms with van der Waals surface area (Å²) < 4.78 is 5.29. The number of carbonyl (C=O) groups is 3. The Kier molecular flexibility index (Phi) is 13.0. The first-order chi connectivity index (χ1) is 24.3. The van der Waals surface area contributed by atoms with Crippen LogP contribution in [0.2, 0.25) is 0 Å². The van der Waals surface area contributed by atoms with Crippen LogP contribution in [-0.2, 0) is 34.6 Å². The number of rotatable bonds is 17. The van der Waals surface area contributed by atoms with Crippen LogP contribution < -0.4 is 10.1 Å². The lowest BCUT2D eigenvalue weighted by molar-refractivity contribution is -0.139. The van der Waals surface area contributed by atoms with E-state index < -0.39 is 18.1 Å². The minimum atomic E-state index is -1.05. The Labute approximate surface area is 298 Å². The van der Waals surface area contributed by atoms with Gasteiger partial charge in [0.15, 0.2) is 6.61 Å². The molecule has 1 atom stereocenters. The molecule has 0 bridgehead atoms. The summed E-state index contributed by atoms with van der Waals surface area (Å²) in [6, 6.07) is 32.6. The number of carboxylic acid groups (broad SMARTS) is 1. The zero-order chi connectivity index (χ0) is 35.2. The Hall–Kier alpha value is -5.15. The second-order valence-corrected chi connectivity index (χ2v) is 13.2. The summed E-state index contributed by atoms with van der Waals surface area (Å²) in [4.78, 5) is 44.4. The van der Waals surface area contributed by atoms with Crippen molar-refractivity contribution in [2.45, 2.75) is 51.2 Å². The van der Waals surface area contributed by atoms with Gasteiger partial charge < -0.3 is 20.1 Å². The highest BCUT2D eigenvalue weighted by Crippen LogP contribution is 2.36. The summed E-state index contributed by atoms with van der Waals surface area (Å²) in [5.41, 5.74) is 6.73. The monoisotopic (exact) mass is 689 g/mol. The number of aliphatic carboxylic acids is 1. The Morgan fingerprint density at radius 1 is 0.900 bits per heavy atom. The lowest BCUT2D eigenvalue weighted by atomic mass is 9.90. The molecule has 0 aliphatic carbocycles. The maximum Gasteiger partial charge on any atom is 0.341 e. The van der Waals surface area contributed by atoms with Crippen molar-refractivity contribution < 1.29 is 24.2 Å². The number of ether oxygens (including phenoxy) is 1. The highest BCUT2D eigenvalue weighted by Gasteiger charge is 2.37. The molecule has 258 valence electrons. The Balaban J connectivity index is 1.29. The fourth-order valence-corrected chi connectivity index (χ4v) is 6.69. The van der Waals surface area contributed by atoms with E-state index in [2.05, 4.69) is 36.5 Å². The molecule has 50 heavy (non-hydrogen) atoms. The normalized spacial score (nSPS) is 15.2. The number of hydrogen-bond acceptors (Lipinski definition) is 6. The highest BCUT2D eigenvalue weighted by molar-refractivity contribution is 8.12. The SMILES string of the molecule is CCCCCc1ccc(CNC(=O)c2ccc(C3(CN(Cc4ccc(OCC(=O)O)cc4)C(=O)C=Cc4ccccc4)CSC=N3)cc2)cc1. The number of carboxylic acids is 1. The van der Waals surface area contributed by atoms with E-state index in [-0.39, 0.29) is 11.8 Å². The Morgan fingerprint density at radius 2 is 1.60 bits per heavy atom. The van der Waals surface area contributed by atoms with Crippen LogP contribution in [0, 0.1) is 0 Å². The first-order valence-corrected chi connectivity index (χ1v) is 18.0. The van der Waals surface area contributed by atoms with Gasteiger partial charge >= 0.3 is 5.97 Å². The van der Waals surface area contributed by atoms with Crippen molar-refractivity contribution in [1.82, 2.24) is 10.2 Å². The van der Waals surface area contributed by atoms with Crippen LogP contribution >= 0.6 is 11.8 Å². The van der Waals surface area contributed by atoms with Gasteiger partial charge in [0.2, 0.25) is 5.91 Å². The fourth-order valence-electron chi connectivity index (χ4n) is 5.73. The van der Waals surface area contributed by atoms with E-state index in [1.807, 2.05) is 72.3 Å². The number of benzene rings is 4.